The quantitative estimate of drug-likeness (QED) is 0.899. The van der Waals surface area contributed by atoms with Crippen molar-refractivity contribution in [3.63, 3.8) is 0 Å². The molecular weight excluding hydrogens is 306 g/mol. The molecule has 4 rings (SSSR count). The van der Waals surface area contributed by atoms with Gasteiger partial charge in [0.05, 0.1) is 14.2 Å². The highest BCUT2D eigenvalue weighted by Gasteiger charge is 2.56. The minimum Gasteiger partial charge on any atom is -0.504 e. The summed E-state index contributed by atoms with van der Waals surface area (Å²) in [7, 11) is 5.25. The summed E-state index contributed by atoms with van der Waals surface area (Å²) in [4.78, 5) is 15.0. The fourth-order valence-electron chi connectivity index (χ4n) is 5.03. The second kappa shape index (κ2) is 5.24. The molecule has 5 heteroatoms. The normalized spacial score (nSPS) is 31.8. The molecule has 1 heterocycles. The number of hydrogen-bond donors (Lipinski definition) is 1. The molecule has 5 nitrogen and oxygen atoms in total. The van der Waals surface area contributed by atoms with E-state index in [1.54, 1.807) is 14.2 Å². The van der Waals surface area contributed by atoms with E-state index in [0.717, 1.165) is 30.5 Å². The Balaban J connectivity index is 1.97. The zero-order valence-corrected chi connectivity index (χ0v) is 14.3. The van der Waals surface area contributed by atoms with E-state index in [4.69, 9.17) is 9.47 Å². The number of Topliss-reactive ketones (excluding diaryl/α,β-unsaturated/α-hetero) is 1. The number of ether oxygens (including phenoxy) is 2. The topological polar surface area (TPSA) is 59.0 Å². The van der Waals surface area contributed by atoms with E-state index in [0.29, 0.717) is 24.0 Å². The van der Waals surface area contributed by atoms with E-state index in [1.165, 1.54) is 0 Å². The van der Waals surface area contributed by atoms with E-state index in [2.05, 4.69) is 11.9 Å². The molecule has 0 saturated carbocycles. The highest BCUT2D eigenvalue weighted by molar-refractivity contribution is 5.96. The molecule has 1 aromatic rings. The predicted octanol–water partition coefficient (Wildman–Crippen LogP) is 2.02. The van der Waals surface area contributed by atoms with Gasteiger partial charge in [-0.25, -0.2) is 0 Å². The van der Waals surface area contributed by atoms with Gasteiger partial charge in [0, 0.05) is 29.4 Å². The van der Waals surface area contributed by atoms with E-state index < -0.39 is 0 Å². The summed E-state index contributed by atoms with van der Waals surface area (Å²) in [5.41, 5.74) is 1.68. The molecule has 1 unspecified atom stereocenters. The van der Waals surface area contributed by atoms with Gasteiger partial charge < -0.3 is 19.5 Å². The monoisotopic (exact) mass is 329 g/mol. The summed E-state index contributed by atoms with van der Waals surface area (Å²) in [6, 6.07) is 4.18. The number of likely N-dealkylation sites (N-methyl/N-ethyl adjacent to an activating group) is 1. The van der Waals surface area contributed by atoms with Crippen molar-refractivity contribution in [2.24, 2.45) is 5.92 Å². The van der Waals surface area contributed by atoms with Crippen molar-refractivity contribution in [2.75, 3.05) is 27.8 Å². The van der Waals surface area contributed by atoms with Crippen molar-refractivity contribution in [2.45, 2.75) is 30.7 Å². The Kier molecular flexibility index (Phi) is 3.39. The van der Waals surface area contributed by atoms with Crippen LogP contribution in [-0.2, 0) is 21.4 Å². The lowest BCUT2D eigenvalue weighted by Gasteiger charge is -2.56. The van der Waals surface area contributed by atoms with Crippen LogP contribution in [0.4, 0.5) is 0 Å². The van der Waals surface area contributed by atoms with Crippen LogP contribution in [-0.4, -0.2) is 49.6 Å². The number of hydrogen-bond acceptors (Lipinski definition) is 5. The van der Waals surface area contributed by atoms with Crippen LogP contribution in [0, 0.1) is 5.92 Å². The summed E-state index contributed by atoms with van der Waals surface area (Å²) in [5.74, 6) is 1.32. The van der Waals surface area contributed by atoms with Crippen LogP contribution in [0.5, 0.6) is 11.5 Å². The van der Waals surface area contributed by atoms with Crippen LogP contribution in [0.2, 0.25) is 0 Å². The van der Waals surface area contributed by atoms with Crippen molar-refractivity contribution in [3.05, 3.63) is 35.1 Å². The van der Waals surface area contributed by atoms with Gasteiger partial charge in [0.1, 0.15) is 0 Å². The Morgan fingerprint density at radius 3 is 2.79 bits per heavy atom. The second-order valence-corrected chi connectivity index (χ2v) is 7.17. The fraction of sp³-hybridized carbons (Fsp3) is 0.526. The maximum absolute atomic E-state index is 12.6. The maximum Gasteiger partial charge on any atom is 0.197 e. The van der Waals surface area contributed by atoms with E-state index in [1.807, 2.05) is 18.2 Å². The highest BCUT2D eigenvalue weighted by atomic mass is 16.5. The van der Waals surface area contributed by atoms with Crippen LogP contribution in [0.15, 0.2) is 24.0 Å². The van der Waals surface area contributed by atoms with Crippen LogP contribution in [0.25, 0.3) is 0 Å². The number of fused-ring (bicyclic) bond motifs is 1. The zero-order chi connectivity index (χ0) is 17.1. The number of phenols is 1. The molecule has 0 amide bonds. The van der Waals surface area contributed by atoms with Gasteiger partial charge >= 0.3 is 0 Å². The fourth-order valence-corrected chi connectivity index (χ4v) is 5.03. The van der Waals surface area contributed by atoms with Gasteiger partial charge in [-0.1, -0.05) is 6.07 Å². The van der Waals surface area contributed by atoms with Gasteiger partial charge in [-0.05, 0) is 44.1 Å². The summed E-state index contributed by atoms with van der Waals surface area (Å²) < 4.78 is 10.6. The minimum absolute atomic E-state index is 0.0205. The molecule has 0 aromatic heterocycles. The Labute approximate surface area is 141 Å². The van der Waals surface area contributed by atoms with Gasteiger partial charge in [0.15, 0.2) is 23.0 Å². The molecule has 3 atom stereocenters. The van der Waals surface area contributed by atoms with Crippen LogP contribution >= 0.6 is 0 Å². The first-order chi connectivity index (χ1) is 11.5. The smallest absolute Gasteiger partial charge is 0.197 e. The Hall–Kier alpha value is -2.01. The number of aromatic hydroxyl groups is 1. The van der Waals surface area contributed by atoms with Gasteiger partial charge in [-0.3, -0.25) is 4.79 Å². The number of methoxy groups -OCH3 is 2. The largest absolute Gasteiger partial charge is 0.504 e. The van der Waals surface area contributed by atoms with Gasteiger partial charge in [-0.15, -0.1) is 0 Å². The first kappa shape index (κ1) is 15.5. The zero-order valence-electron chi connectivity index (χ0n) is 14.3. The lowest BCUT2D eigenvalue weighted by Crippen LogP contribution is -2.60. The van der Waals surface area contributed by atoms with E-state index >= 15 is 0 Å². The van der Waals surface area contributed by atoms with Crippen molar-refractivity contribution in [3.8, 4) is 11.5 Å². The number of phenolic OH excluding ortho intramolecular Hbond substituents is 1. The summed E-state index contributed by atoms with van der Waals surface area (Å²) >= 11 is 0. The number of carbonyl (C=O) groups excluding carboxylic acids is 1. The third-order valence-electron chi connectivity index (χ3n) is 6.21. The van der Waals surface area contributed by atoms with Crippen molar-refractivity contribution in [1.82, 2.24) is 4.90 Å². The molecule has 128 valence electrons. The lowest BCUT2D eigenvalue weighted by atomic mass is 9.53. The van der Waals surface area contributed by atoms with Gasteiger partial charge in [0.2, 0.25) is 0 Å². The molecule has 0 spiro atoms. The molecule has 1 N–H and O–H groups in total. The van der Waals surface area contributed by atoms with Crippen molar-refractivity contribution >= 4 is 5.78 Å². The molecule has 3 aliphatic rings. The Bertz CT molecular complexity index is 741. The average molecular weight is 329 g/mol. The second-order valence-electron chi connectivity index (χ2n) is 7.17. The van der Waals surface area contributed by atoms with E-state index in [9.17, 15) is 9.90 Å². The number of allylic oxidation sites excluding steroid dienone is 1. The van der Waals surface area contributed by atoms with Crippen LogP contribution in [0.1, 0.15) is 24.0 Å². The first-order valence-corrected chi connectivity index (χ1v) is 8.40. The maximum atomic E-state index is 12.6. The SMILES string of the molecule is COC1=C[C@@H]2C3Cc4ccc(OC)c(O)c4[C@@]2(CCN3C)CC1=O. The van der Waals surface area contributed by atoms with Crippen LogP contribution < -0.4 is 4.74 Å². The number of carbonyl (C=O) groups is 1. The highest BCUT2D eigenvalue weighted by Crippen LogP contribution is 2.57. The Morgan fingerprint density at radius 1 is 1.29 bits per heavy atom. The third-order valence-corrected chi connectivity index (χ3v) is 6.21. The molecule has 1 saturated heterocycles. The summed E-state index contributed by atoms with van der Waals surface area (Å²) in [5, 5.41) is 10.9. The third kappa shape index (κ3) is 1.88. The molecule has 1 fully saturated rings. The molecule has 24 heavy (non-hydrogen) atoms. The van der Waals surface area contributed by atoms with Crippen LogP contribution in [0.3, 0.4) is 0 Å². The average Bonchev–Trinajstić information content (AvgIpc) is 2.57. The molecular formula is C19H23NO4. The first-order valence-electron chi connectivity index (χ1n) is 8.40. The molecule has 1 aromatic carbocycles. The number of rotatable bonds is 2. The number of benzene rings is 1. The number of nitrogens with zero attached hydrogens (tertiary/aromatic N) is 1. The molecule has 1 aliphatic heterocycles. The number of likely N-dealkylation sites (tertiary alicyclic amines) is 1. The molecule has 2 aliphatic carbocycles. The molecule has 2 bridgehead atoms. The lowest BCUT2D eigenvalue weighted by molar-refractivity contribution is -0.122. The predicted molar refractivity (Wildman–Crippen MR) is 89.3 cm³/mol. The van der Waals surface area contributed by atoms with E-state index in [-0.39, 0.29) is 22.9 Å². The molecule has 0 radical (unpaired) electrons. The van der Waals surface area contributed by atoms with Gasteiger partial charge in [0.25, 0.3) is 0 Å². The number of ketones is 1. The van der Waals surface area contributed by atoms with Crippen molar-refractivity contribution in [1.29, 1.82) is 0 Å². The Morgan fingerprint density at radius 2 is 2.08 bits per heavy atom. The van der Waals surface area contributed by atoms with Crippen molar-refractivity contribution < 1.29 is 19.4 Å². The summed E-state index contributed by atoms with van der Waals surface area (Å²) in [6.07, 6.45) is 4.08. The number of piperidine rings is 1. The summed E-state index contributed by atoms with van der Waals surface area (Å²) in [6.45, 7) is 0.917. The minimum atomic E-state index is -0.359. The standard InChI is InChI=1S/C19H23NO4/c1-20-7-6-19-10-14(21)16(24-3)9-12(19)13(20)8-11-4-5-15(23-2)18(22)17(11)19/h4-5,9,12-13,22H,6-8,10H2,1-3H3/t12-,13?,19+/m1/s1. The van der Waals surface area contributed by atoms with Gasteiger partial charge in [-0.2, -0.15) is 0 Å².